The van der Waals surface area contributed by atoms with Crippen molar-refractivity contribution in [2.45, 2.75) is 53.7 Å². The monoisotopic (exact) mass is 349 g/mol. The SMILES string of the molecule is CCCCn1nnnc1COC(=O)c1c(C)[nH]c(C(=O)OCC)c1C. The van der Waals surface area contributed by atoms with Crippen molar-refractivity contribution in [3.05, 3.63) is 28.3 Å². The lowest BCUT2D eigenvalue weighted by Crippen LogP contribution is -2.12. The third kappa shape index (κ3) is 4.23. The normalized spacial score (nSPS) is 10.7. The van der Waals surface area contributed by atoms with E-state index in [1.807, 2.05) is 0 Å². The van der Waals surface area contributed by atoms with E-state index < -0.39 is 11.9 Å². The fourth-order valence-electron chi connectivity index (χ4n) is 2.47. The van der Waals surface area contributed by atoms with Gasteiger partial charge in [0, 0.05) is 12.2 Å². The number of carbonyl (C=O) groups excluding carboxylic acids is 2. The summed E-state index contributed by atoms with van der Waals surface area (Å²) in [5, 5.41) is 11.4. The van der Waals surface area contributed by atoms with E-state index in [9.17, 15) is 9.59 Å². The van der Waals surface area contributed by atoms with Crippen LogP contribution in [0.3, 0.4) is 0 Å². The Kier molecular flexibility index (Phi) is 6.26. The molecule has 0 unspecified atom stereocenters. The van der Waals surface area contributed by atoms with Crippen molar-refractivity contribution < 1.29 is 19.1 Å². The van der Waals surface area contributed by atoms with Crippen LogP contribution in [0.2, 0.25) is 0 Å². The number of nitrogens with one attached hydrogen (secondary N) is 1. The Hall–Kier alpha value is -2.71. The van der Waals surface area contributed by atoms with Crippen molar-refractivity contribution in [3.8, 4) is 0 Å². The van der Waals surface area contributed by atoms with E-state index in [-0.39, 0.29) is 18.9 Å². The number of aryl methyl sites for hydroxylation is 2. The molecule has 0 aliphatic carbocycles. The second-order valence-electron chi connectivity index (χ2n) is 5.59. The first-order valence-corrected chi connectivity index (χ1v) is 8.28. The molecule has 2 heterocycles. The molecule has 2 rings (SSSR count). The molecule has 9 nitrogen and oxygen atoms in total. The molecule has 0 atom stereocenters. The molecule has 0 spiro atoms. The van der Waals surface area contributed by atoms with Crippen LogP contribution in [-0.4, -0.2) is 43.7 Å². The largest absolute Gasteiger partial charge is 0.461 e. The summed E-state index contributed by atoms with van der Waals surface area (Å²) in [6.45, 7) is 8.08. The fraction of sp³-hybridized carbons (Fsp3) is 0.562. The smallest absolute Gasteiger partial charge is 0.355 e. The minimum Gasteiger partial charge on any atom is -0.461 e. The molecule has 0 radical (unpaired) electrons. The summed E-state index contributed by atoms with van der Waals surface area (Å²) in [5.74, 6) is -0.546. The van der Waals surface area contributed by atoms with Gasteiger partial charge in [-0.05, 0) is 43.2 Å². The highest BCUT2D eigenvalue weighted by molar-refractivity contribution is 5.98. The van der Waals surface area contributed by atoms with Crippen molar-refractivity contribution in [2.75, 3.05) is 6.61 Å². The predicted molar refractivity (Wildman–Crippen MR) is 88.1 cm³/mol. The van der Waals surface area contributed by atoms with Gasteiger partial charge in [-0.3, -0.25) is 0 Å². The Balaban J connectivity index is 2.09. The molecule has 0 fully saturated rings. The zero-order valence-corrected chi connectivity index (χ0v) is 15.0. The zero-order valence-electron chi connectivity index (χ0n) is 15.0. The number of hydrogen-bond donors (Lipinski definition) is 1. The summed E-state index contributed by atoms with van der Waals surface area (Å²) < 4.78 is 11.9. The van der Waals surface area contributed by atoms with Gasteiger partial charge in [-0.2, -0.15) is 0 Å². The highest BCUT2D eigenvalue weighted by atomic mass is 16.5. The maximum absolute atomic E-state index is 12.4. The quantitative estimate of drug-likeness (QED) is 0.725. The Bertz CT molecular complexity index is 750. The van der Waals surface area contributed by atoms with E-state index in [1.54, 1.807) is 25.5 Å². The number of carbonyl (C=O) groups is 2. The number of esters is 2. The molecule has 0 aliphatic rings. The van der Waals surface area contributed by atoms with Crippen molar-refractivity contribution in [3.63, 3.8) is 0 Å². The average Bonchev–Trinajstić information content (AvgIpc) is 3.15. The highest BCUT2D eigenvalue weighted by Crippen LogP contribution is 2.20. The van der Waals surface area contributed by atoms with E-state index in [0.717, 1.165) is 12.8 Å². The molecule has 1 N–H and O–H groups in total. The number of rotatable bonds is 8. The van der Waals surface area contributed by atoms with Gasteiger partial charge in [0.1, 0.15) is 5.69 Å². The maximum Gasteiger partial charge on any atom is 0.355 e. The molecule has 2 aromatic rings. The van der Waals surface area contributed by atoms with Crippen molar-refractivity contribution in [1.29, 1.82) is 0 Å². The van der Waals surface area contributed by atoms with E-state index in [4.69, 9.17) is 9.47 Å². The Morgan fingerprint density at radius 1 is 1.16 bits per heavy atom. The molecule has 0 aromatic carbocycles. The first-order valence-electron chi connectivity index (χ1n) is 8.28. The summed E-state index contributed by atoms with van der Waals surface area (Å²) in [6.07, 6.45) is 1.95. The van der Waals surface area contributed by atoms with Gasteiger partial charge in [-0.15, -0.1) is 5.10 Å². The molecule has 0 saturated heterocycles. The fourth-order valence-corrected chi connectivity index (χ4v) is 2.47. The van der Waals surface area contributed by atoms with Gasteiger partial charge in [0.25, 0.3) is 0 Å². The van der Waals surface area contributed by atoms with E-state index >= 15 is 0 Å². The lowest BCUT2D eigenvalue weighted by atomic mass is 10.1. The van der Waals surface area contributed by atoms with E-state index in [0.29, 0.717) is 29.2 Å². The number of nitrogens with zero attached hydrogens (tertiary/aromatic N) is 4. The molecular formula is C16H23N5O4. The Morgan fingerprint density at radius 3 is 2.60 bits per heavy atom. The molecule has 0 bridgehead atoms. The summed E-state index contributed by atoms with van der Waals surface area (Å²) in [4.78, 5) is 27.2. The van der Waals surface area contributed by atoms with Crippen molar-refractivity contribution in [1.82, 2.24) is 25.2 Å². The first-order chi connectivity index (χ1) is 12.0. The van der Waals surface area contributed by atoms with Crippen LogP contribution in [0.5, 0.6) is 0 Å². The topological polar surface area (TPSA) is 112 Å². The number of unbranched alkanes of at least 4 members (excludes halogenated alkanes) is 1. The molecule has 0 amide bonds. The number of aromatic nitrogens is 5. The molecular weight excluding hydrogens is 326 g/mol. The second kappa shape index (κ2) is 8.41. The van der Waals surface area contributed by atoms with Crippen LogP contribution in [0, 0.1) is 13.8 Å². The van der Waals surface area contributed by atoms with Gasteiger partial charge in [0.15, 0.2) is 12.4 Å². The molecule has 0 aliphatic heterocycles. The minimum absolute atomic E-state index is 0.0334. The number of H-pyrrole nitrogens is 1. The summed E-state index contributed by atoms with van der Waals surface area (Å²) in [7, 11) is 0. The molecule has 136 valence electrons. The number of ether oxygens (including phenoxy) is 2. The van der Waals surface area contributed by atoms with Crippen molar-refractivity contribution >= 4 is 11.9 Å². The third-order valence-electron chi connectivity index (χ3n) is 3.78. The number of tetrazole rings is 1. The van der Waals surface area contributed by atoms with Crippen LogP contribution in [0.1, 0.15) is 64.6 Å². The number of hydrogen-bond acceptors (Lipinski definition) is 7. The lowest BCUT2D eigenvalue weighted by Gasteiger charge is -2.06. The van der Waals surface area contributed by atoms with Gasteiger partial charge < -0.3 is 14.5 Å². The third-order valence-corrected chi connectivity index (χ3v) is 3.78. The van der Waals surface area contributed by atoms with Crippen LogP contribution >= 0.6 is 0 Å². The Labute approximate surface area is 145 Å². The summed E-state index contributed by atoms with van der Waals surface area (Å²) in [6, 6.07) is 0. The molecule has 0 saturated carbocycles. The van der Waals surface area contributed by atoms with Crippen LogP contribution in [0.15, 0.2) is 0 Å². The van der Waals surface area contributed by atoms with Crippen LogP contribution < -0.4 is 0 Å². The van der Waals surface area contributed by atoms with E-state index in [1.165, 1.54) is 0 Å². The number of aromatic amines is 1. The molecule has 2 aromatic heterocycles. The van der Waals surface area contributed by atoms with Crippen LogP contribution in [0.25, 0.3) is 0 Å². The van der Waals surface area contributed by atoms with Gasteiger partial charge in [0.05, 0.1) is 12.2 Å². The first kappa shape index (κ1) is 18.6. The van der Waals surface area contributed by atoms with Crippen molar-refractivity contribution in [2.24, 2.45) is 0 Å². The standard InChI is InChI=1S/C16H23N5O4/c1-5-7-8-21-12(18-19-20-21)9-25-15(22)13-10(3)14(17-11(13)4)16(23)24-6-2/h17H,5-9H2,1-4H3. The molecule has 9 heteroatoms. The van der Waals surface area contributed by atoms with Gasteiger partial charge in [-0.25, -0.2) is 14.3 Å². The van der Waals surface area contributed by atoms with Crippen LogP contribution in [0.4, 0.5) is 0 Å². The average molecular weight is 349 g/mol. The predicted octanol–water partition coefficient (Wildman–Crippen LogP) is 1.95. The van der Waals surface area contributed by atoms with Gasteiger partial charge in [0.2, 0.25) is 0 Å². The lowest BCUT2D eigenvalue weighted by molar-refractivity contribution is 0.0454. The van der Waals surface area contributed by atoms with Gasteiger partial charge >= 0.3 is 11.9 Å². The van der Waals surface area contributed by atoms with E-state index in [2.05, 4.69) is 27.4 Å². The molecule has 25 heavy (non-hydrogen) atoms. The zero-order chi connectivity index (χ0) is 18.4. The Morgan fingerprint density at radius 2 is 1.92 bits per heavy atom. The highest BCUT2D eigenvalue weighted by Gasteiger charge is 2.24. The second-order valence-corrected chi connectivity index (χ2v) is 5.59. The maximum atomic E-state index is 12.4. The summed E-state index contributed by atoms with van der Waals surface area (Å²) >= 11 is 0. The summed E-state index contributed by atoms with van der Waals surface area (Å²) in [5.41, 5.74) is 1.65. The van der Waals surface area contributed by atoms with Crippen LogP contribution in [-0.2, 0) is 22.6 Å². The van der Waals surface area contributed by atoms with Gasteiger partial charge in [-0.1, -0.05) is 13.3 Å². The minimum atomic E-state index is -0.535.